The van der Waals surface area contributed by atoms with Crippen LogP contribution in [0.5, 0.6) is 0 Å². The number of H-pyrrole nitrogens is 1. The standard InChI is InChI=1S/C18H21N/c1-2-12-11-17-16(9-10-19-17)18-14-6-4-3-5-13(14)7-8-15(12)18/h2,9-11,13-14,19H,1,3-8H2. The Labute approximate surface area is 114 Å². The summed E-state index contributed by atoms with van der Waals surface area (Å²) in [6.07, 6.45) is 12.4. The highest BCUT2D eigenvalue weighted by molar-refractivity contribution is 5.88. The molecular weight excluding hydrogens is 230 g/mol. The van der Waals surface area contributed by atoms with E-state index in [1.807, 2.05) is 6.08 Å². The Bertz CT molecular complexity index is 634. The van der Waals surface area contributed by atoms with E-state index >= 15 is 0 Å². The minimum absolute atomic E-state index is 0.802. The van der Waals surface area contributed by atoms with E-state index in [2.05, 4.69) is 29.9 Å². The quantitative estimate of drug-likeness (QED) is 0.731. The van der Waals surface area contributed by atoms with Gasteiger partial charge in [0.25, 0.3) is 0 Å². The molecule has 0 saturated heterocycles. The van der Waals surface area contributed by atoms with Gasteiger partial charge < -0.3 is 4.98 Å². The predicted molar refractivity (Wildman–Crippen MR) is 81.4 cm³/mol. The molecule has 19 heavy (non-hydrogen) atoms. The highest BCUT2D eigenvalue weighted by Gasteiger charge is 2.33. The SMILES string of the molecule is C=Cc1cc2[nH]ccc2c2c1CCC1CCCCC21. The Hall–Kier alpha value is -1.50. The van der Waals surface area contributed by atoms with E-state index in [0.29, 0.717) is 0 Å². The van der Waals surface area contributed by atoms with Crippen LogP contribution in [-0.2, 0) is 6.42 Å². The summed E-state index contributed by atoms with van der Waals surface area (Å²) in [5.74, 6) is 1.73. The molecule has 0 spiro atoms. The van der Waals surface area contributed by atoms with Gasteiger partial charge in [-0.15, -0.1) is 0 Å². The lowest BCUT2D eigenvalue weighted by molar-refractivity contribution is 0.277. The lowest BCUT2D eigenvalue weighted by Crippen LogP contribution is -2.24. The molecule has 0 radical (unpaired) electrons. The van der Waals surface area contributed by atoms with Crippen molar-refractivity contribution in [3.05, 3.63) is 41.6 Å². The topological polar surface area (TPSA) is 15.8 Å². The summed E-state index contributed by atoms with van der Waals surface area (Å²) < 4.78 is 0. The van der Waals surface area contributed by atoms with Crippen molar-refractivity contribution < 1.29 is 0 Å². The van der Waals surface area contributed by atoms with E-state index in [-0.39, 0.29) is 0 Å². The molecule has 1 nitrogen and oxygen atoms in total. The van der Waals surface area contributed by atoms with Crippen molar-refractivity contribution in [2.75, 3.05) is 0 Å². The molecule has 1 aromatic heterocycles. The summed E-state index contributed by atoms with van der Waals surface area (Å²) in [5.41, 5.74) is 5.89. The van der Waals surface area contributed by atoms with E-state index in [1.54, 1.807) is 11.1 Å². The average molecular weight is 251 g/mol. The Morgan fingerprint density at radius 2 is 2.11 bits per heavy atom. The summed E-state index contributed by atoms with van der Waals surface area (Å²) in [7, 11) is 0. The third-order valence-corrected chi connectivity index (χ3v) is 5.31. The summed E-state index contributed by atoms with van der Waals surface area (Å²) in [4.78, 5) is 3.39. The van der Waals surface area contributed by atoms with Crippen LogP contribution < -0.4 is 0 Å². The maximum Gasteiger partial charge on any atom is 0.0463 e. The van der Waals surface area contributed by atoms with Gasteiger partial charge in [0.2, 0.25) is 0 Å². The van der Waals surface area contributed by atoms with Gasteiger partial charge in [-0.3, -0.25) is 0 Å². The maximum absolute atomic E-state index is 4.02. The van der Waals surface area contributed by atoms with Crippen LogP contribution >= 0.6 is 0 Å². The molecule has 4 rings (SSSR count). The molecule has 0 bridgehead atoms. The molecule has 98 valence electrons. The van der Waals surface area contributed by atoms with Crippen molar-refractivity contribution in [3.8, 4) is 0 Å². The van der Waals surface area contributed by atoms with Gasteiger partial charge >= 0.3 is 0 Å². The number of hydrogen-bond donors (Lipinski definition) is 1. The first kappa shape index (κ1) is 11.3. The van der Waals surface area contributed by atoms with Crippen LogP contribution in [-0.4, -0.2) is 4.98 Å². The van der Waals surface area contributed by atoms with E-state index in [4.69, 9.17) is 0 Å². The molecule has 0 aliphatic heterocycles. The highest BCUT2D eigenvalue weighted by Crippen LogP contribution is 2.48. The van der Waals surface area contributed by atoms with Gasteiger partial charge in [0.1, 0.15) is 0 Å². The number of benzene rings is 1. The Kier molecular flexibility index (Phi) is 2.54. The molecule has 1 aromatic carbocycles. The predicted octanol–water partition coefficient (Wildman–Crippen LogP) is 5.03. The second-order valence-corrected chi connectivity index (χ2v) is 6.19. The van der Waals surface area contributed by atoms with E-state index in [1.165, 1.54) is 55.0 Å². The van der Waals surface area contributed by atoms with Crippen molar-refractivity contribution in [2.45, 2.75) is 44.4 Å². The fourth-order valence-electron chi connectivity index (χ4n) is 4.44. The van der Waals surface area contributed by atoms with Crippen molar-refractivity contribution >= 4 is 17.0 Å². The second kappa shape index (κ2) is 4.26. The first-order valence-corrected chi connectivity index (χ1v) is 7.64. The van der Waals surface area contributed by atoms with Crippen molar-refractivity contribution in [1.29, 1.82) is 0 Å². The number of fused-ring (bicyclic) bond motifs is 5. The zero-order valence-corrected chi connectivity index (χ0v) is 11.4. The van der Waals surface area contributed by atoms with Gasteiger partial charge in [-0.2, -0.15) is 0 Å². The molecule has 1 heterocycles. The van der Waals surface area contributed by atoms with E-state index in [0.717, 1.165) is 11.8 Å². The third kappa shape index (κ3) is 1.60. The molecule has 1 heteroatoms. The van der Waals surface area contributed by atoms with Gasteiger partial charge in [-0.1, -0.05) is 25.5 Å². The number of aromatic amines is 1. The summed E-state index contributed by atoms with van der Waals surface area (Å²) in [6, 6.07) is 4.56. The number of aromatic nitrogens is 1. The lowest BCUT2D eigenvalue weighted by Gasteiger charge is -2.38. The fraction of sp³-hybridized carbons (Fsp3) is 0.444. The molecule has 2 unspecified atom stereocenters. The third-order valence-electron chi connectivity index (χ3n) is 5.31. The molecule has 1 fully saturated rings. The largest absolute Gasteiger partial charge is 0.361 e. The van der Waals surface area contributed by atoms with Gasteiger partial charge in [-0.25, -0.2) is 0 Å². The minimum atomic E-state index is 0.802. The van der Waals surface area contributed by atoms with Crippen molar-refractivity contribution in [2.24, 2.45) is 5.92 Å². The summed E-state index contributed by atoms with van der Waals surface area (Å²) in [6.45, 7) is 4.02. The van der Waals surface area contributed by atoms with Crippen molar-refractivity contribution in [3.63, 3.8) is 0 Å². The van der Waals surface area contributed by atoms with Gasteiger partial charge in [-0.05, 0) is 66.3 Å². The smallest absolute Gasteiger partial charge is 0.0463 e. The molecule has 2 atom stereocenters. The fourth-order valence-corrected chi connectivity index (χ4v) is 4.44. The van der Waals surface area contributed by atoms with Crippen LogP contribution in [0.15, 0.2) is 24.9 Å². The minimum Gasteiger partial charge on any atom is -0.361 e. The molecule has 2 aliphatic carbocycles. The molecule has 0 amide bonds. The highest BCUT2D eigenvalue weighted by atomic mass is 14.7. The second-order valence-electron chi connectivity index (χ2n) is 6.19. The molecule has 2 aromatic rings. The Morgan fingerprint density at radius 1 is 1.21 bits per heavy atom. The molecule has 1 N–H and O–H groups in total. The number of rotatable bonds is 1. The zero-order chi connectivity index (χ0) is 12.8. The monoisotopic (exact) mass is 251 g/mol. The normalized spacial score (nSPS) is 25.9. The molecular formula is C18H21N. The molecule has 2 aliphatic rings. The van der Waals surface area contributed by atoms with Crippen LogP contribution in [0.2, 0.25) is 0 Å². The van der Waals surface area contributed by atoms with E-state index in [9.17, 15) is 0 Å². The van der Waals surface area contributed by atoms with Crippen molar-refractivity contribution in [1.82, 2.24) is 4.98 Å². The van der Waals surface area contributed by atoms with Crippen LogP contribution in [0.25, 0.3) is 17.0 Å². The number of nitrogens with one attached hydrogen (secondary N) is 1. The number of hydrogen-bond acceptors (Lipinski definition) is 0. The average Bonchev–Trinajstić information content (AvgIpc) is 2.93. The summed E-state index contributed by atoms with van der Waals surface area (Å²) in [5, 5.41) is 1.47. The van der Waals surface area contributed by atoms with Crippen LogP contribution in [0.3, 0.4) is 0 Å². The van der Waals surface area contributed by atoms with Gasteiger partial charge in [0, 0.05) is 17.1 Å². The lowest BCUT2D eigenvalue weighted by atomic mass is 9.66. The Morgan fingerprint density at radius 3 is 3.00 bits per heavy atom. The zero-order valence-electron chi connectivity index (χ0n) is 11.4. The van der Waals surface area contributed by atoms with Gasteiger partial charge in [0.15, 0.2) is 0 Å². The van der Waals surface area contributed by atoms with E-state index < -0.39 is 0 Å². The Balaban J connectivity index is 1.99. The van der Waals surface area contributed by atoms with Crippen LogP contribution in [0, 0.1) is 5.92 Å². The maximum atomic E-state index is 4.02. The van der Waals surface area contributed by atoms with Gasteiger partial charge in [0.05, 0.1) is 0 Å². The summed E-state index contributed by atoms with van der Waals surface area (Å²) >= 11 is 0. The molecule has 1 saturated carbocycles. The van der Waals surface area contributed by atoms with Crippen LogP contribution in [0.4, 0.5) is 0 Å². The first-order valence-electron chi connectivity index (χ1n) is 7.64. The first-order chi connectivity index (χ1) is 9.38. The van der Waals surface area contributed by atoms with Crippen LogP contribution in [0.1, 0.15) is 54.7 Å².